The van der Waals surface area contributed by atoms with E-state index >= 15 is 0 Å². The third-order valence-corrected chi connectivity index (χ3v) is 2.49. The van der Waals surface area contributed by atoms with Crippen molar-refractivity contribution < 1.29 is 14.3 Å². The lowest BCUT2D eigenvalue weighted by atomic mass is 10.1. The summed E-state index contributed by atoms with van der Waals surface area (Å²) in [5.74, 6) is 1.15. The quantitative estimate of drug-likeness (QED) is 0.577. The first-order valence-corrected chi connectivity index (χ1v) is 6.33. The number of hydrogen-bond acceptors (Lipinski definition) is 3. The van der Waals surface area contributed by atoms with Crippen molar-refractivity contribution in [3.05, 3.63) is 29.8 Å². The van der Waals surface area contributed by atoms with Crippen molar-refractivity contribution >= 4 is 17.5 Å². The molecule has 0 saturated carbocycles. The minimum atomic E-state index is -0.0472. The van der Waals surface area contributed by atoms with Crippen LogP contribution in [0.1, 0.15) is 5.56 Å². The highest BCUT2D eigenvalue weighted by atomic mass is 35.5. The number of hydrogen-bond donors (Lipinski definition) is 1. The summed E-state index contributed by atoms with van der Waals surface area (Å²) in [7, 11) is 1.59. The van der Waals surface area contributed by atoms with Crippen LogP contribution in [0.3, 0.4) is 0 Å². The van der Waals surface area contributed by atoms with Gasteiger partial charge in [-0.3, -0.25) is 4.79 Å². The Morgan fingerprint density at radius 2 is 2.11 bits per heavy atom. The van der Waals surface area contributed by atoms with Gasteiger partial charge in [0.15, 0.2) is 0 Å². The lowest BCUT2D eigenvalue weighted by molar-refractivity contribution is -0.120. The number of methoxy groups -OCH3 is 1. The number of para-hydroxylation sites is 1. The van der Waals surface area contributed by atoms with Gasteiger partial charge in [-0.05, 0) is 6.07 Å². The van der Waals surface area contributed by atoms with Gasteiger partial charge >= 0.3 is 0 Å². The largest absolute Gasteiger partial charge is 0.496 e. The predicted molar refractivity (Wildman–Crippen MR) is 71.2 cm³/mol. The maximum atomic E-state index is 11.7. The average molecular weight is 272 g/mol. The summed E-state index contributed by atoms with van der Waals surface area (Å²) in [6, 6.07) is 7.48. The fourth-order valence-electron chi connectivity index (χ4n) is 1.50. The van der Waals surface area contributed by atoms with E-state index in [-0.39, 0.29) is 5.91 Å². The molecule has 0 saturated heterocycles. The van der Waals surface area contributed by atoms with E-state index in [2.05, 4.69) is 5.32 Å². The normalized spacial score (nSPS) is 10.1. The van der Waals surface area contributed by atoms with Crippen molar-refractivity contribution in [1.82, 2.24) is 5.32 Å². The van der Waals surface area contributed by atoms with Gasteiger partial charge in [-0.15, -0.1) is 11.6 Å². The fourth-order valence-corrected chi connectivity index (χ4v) is 1.61. The van der Waals surface area contributed by atoms with E-state index in [0.29, 0.717) is 32.1 Å². The van der Waals surface area contributed by atoms with Crippen molar-refractivity contribution in [3.8, 4) is 5.75 Å². The third kappa shape index (κ3) is 5.38. The SMILES string of the molecule is COc1ccccc1CC(=O)NCCOCCCl. The summed E-state index contributed by atoms with van der Waals surface area (Å²) in [4.78, 5) is 11.7. The van der Waals surface area contributed by atoms with Crippen molar-refractivity contribution in [2.24, 2.45) is 0 Å². The summed E-state index contributed by atoms with van der Waals surface area (Å²) in [5, 5.41) is 2.78. The summed E-state index contributed by atoms with van der Waals surface area (Å²) >= 11 is 5.46. The van der Waals surface area contributed by atoms with E-state index in [9.17, 15) is 4.79 Å². The van der Waals surface area contributed by atoms with Crippen LogP contribution in [0.25, 0.3) is 0 Å². The molecule has 0 unspecified atom stereocenters. The van der Waals surface area contributed by atoms with Gasteiger partial charge in [0.1, 0.15) is 5.75 Å². The minimum Gasteiger partial charge on any atom is -0.496 e. The van der Waals surface area contributed by atoms with Crippen LogP contribution in [-0.2, 0) is 16.0 Å². The molecule has 0 radical (unpaired) electrons. The highest BCUT2D eigenvalue weighted by molar-refractivity contribution is 6.17. The number of rotatable bonds is 8. The van der Waals surface area contributed by atoms with Gasteiger partial charge in [-0.1, -0.05) is 18.2 Å². The molecule has 0 spiro atoms. The summed E-state index contributed by atoms with van der Waals surface area (Å²) < 4.78 is 10.3. The molecule has 100 valence electrons. The monoisotopic (exact) mass is 271 g/mol. The number of nitrogens with one attached hydrogen (secondary N) is 1. The van der Waals surface area contributed by atoms with Gasteiger partial charge in [-0.2, -0.15) is 0 Å². The van der Waals surface area contributed by atoms with Gasteiger partial charge in [0.2, 0.25) is 5.91 Å². The van der Waals surface area contributed by atoms with Gasteiger partial charge in [0.05, 0.1) is 26.7 Å². The van der Waals surface area contributed by atoms with Crippen LogP contribution in [0.4, 0.5) is 0 Å². The Kier molecular flexibility index (Phi) is 7.22. The Labute approximate surface area is 112 Å². The van der Waals surface area contributed by atoms with Crippen LogP contribution in [0, 0.1) is 0 Å². The molecule has 0 atom stereocenters. The molecule has 5 heteroatoms. The Morgan fingerprint density at radius 1 is 1.33 bits per heavy atom. The zero-order chi connectivity index (χ0) is 13.2. The van der Waals surface area contributed by atoms with Gasteiger partial charge < -0.3 is 14.8 Å². The molecule has 4 nitrogen and oxygen atoms in total. The Morgan fingerprint density at radius 3 is 2.83 bits per heavy atom. The molecule has 18 heavy (non-hydrogen) atoms. The van der Waals surface area contributed by atoms with Gasteiger partial charge in [0, 0.05) is 18.0 Å². The average Bonchev–Trinajstić information content (AvgIpc) is 2.39. The van der Waals surface area contributed by atoms with Crippen molar-refractivity contribution in [3.63, 3.8) is 0 Å². The van der Waals surface area contributed by atoms with Crippen LogP contribution in [0.15, 0.2) is 24.3 Å². The van der Waals surface area contributed by atoms with Crippen LogP contribution >= 0.6 is 11.6 Å². The number of benzene rings is 1. The van der Waals surface area contributed by atoms with E-state index in [0.717, 1.165) is 11.3 Å². The Bertz CT molecular complexity index is 371. The van der Waals surface area contributed by atoms with Crippen molar-refractivity contribution in [2.75, 3.05) is 32.7 Å². The lowest BCUT2D eigenvalue weighted by Gasteiger charge is -2.08. The molecule has 1 N–H and O–H groups in total. The van der Waals surface area contributed by atoms with Gasteiger partial charge in [-0.25, -0.2) is 0 Å². The molecule has 1 aromatic rings. The number of halogens is 1. The molecule has 0 bridgehead atoms. The number of alkyl halides is 1. The summed E-state index contributed by atoms with van der Waals surface area (Å²) in [6.07, 6.45) is 0.305. The second kappa shape index (κ2) is 8.78. The standard InChI is InChI=1S/C13H18ClNO3/c1-17-12-5-3-2-4-11(12)10-13(16)15-7-9-18-8-6-14/h2-5H,6-10H2,1H3,(H,15,16). The molecule has 0 aliphatic heterocycles. The second-order valence-corrected chi connectivity index (χ2v) is 4.02. The van der Waals surface area contributed by atoms with E-state index in [4.69, 9.17) is 21.1 Å². The number of ether oxygens (including phenoxy) is 2. The van der Waals surface area contributed by atoms with E-state index in [1.165, 1.54) is 0 Å². The smallest absolute Gasteiger partial charge is 0.224 e. The minimum absolute atomic E-state index is 0.0472. The first-order chi connectivity index (χ1) is 8.77. The van der Waals surface area contributed by atoms with E-state index in [1.54, 1.807) is 7.11 Å². The molecule has 0 heterocycles. The fraction of sp³-hybridized carbons (Fsp3) is 0.462. The highest BCUT2D eigenvalue weighted by Gasteiger charge is 2.07. The predicted octanol–water partition coefficient (Wildman–Crippen LogP) is 1.61. The summed E-state index contributed by atoms with van der Waals surface area (Å²) in [6.45, 7) is 1.47. The summed E-state index contributed by atoms with van der Waals surface area (Å²) in [5.41, 5.74) is 0.874. The van der Waals surface area contributed by atoms with E-state index in [1.807, 2.05) is 24.3 Å². The van der Waals surface area contributed by atoms with Gasteiger partial charge in [0.25, 0.3) is 0 Å². The topological polar surface area (TPSA) is 47.6 Å². The lowest BCUT2D eigenvalue weighted by Crippen LogP contribution is -2.28. The highest BCUT2D eigenvalue weighted by Crippen LogP contribution is 2.17. The maximum Gasteiger partial charge on any atom is 0.224 e. The van der Waals surface area contributed by atoms with Crippen LogP contribution in [0.5, 0.6) is 5.75 Å². The molecule has 0 fully saturated rings. The molecule has 1 amide bonds. The molecular weight excluding hydrogens is 254 g/mol. The van der Waals surface area contributed by atoms with Crippen LogP contribution in [-0.4, -0.2) is 38.7 Å². The van der Waals surface area contributed by atoms with Crippen LogP contribution < -0.4 is 10.1 Å². The van der Waals surface area contributed by atoms with E-state index < -0.39 is 0 Å². The molecule has 0 aliphatic carbocycles. The maximum absolute atomic E-state index is 11.7. The molecule has 0 aromatic heterocycles. The number of carbonyl (C=O) groups is 1. The molecule has 0 aliphatic rings. The third-order valence-electron chi connectivity index (χ3n) is 2.33. The molecule has 1 rings (SSSR count). The first kappa shape index (κ1) is 14.8. The number of amides is 1. The first-order valence-electron chi connectivity index (χ1n) is 5.80. The van der Waals surface area contributed by atoms with Crippen LogP contribution in [0.2, 0.25) is 0 Å². The van der Waals surface area contributed by atoms with Crippen molar-refractivity contribution in [1.29, 1.82) is 0 Å². The molecular formula is C13H18ClNO3. The molecule has 1 aromatic carbocycles. The zero-order valence-electron chi connectivity index (χ0n) is 10.4. The van der Waals surface area contributed by atoms with Crippen molar-refractivity contribution in [2.45, 2.75) is 6.42 Å². The Hall–Kier alpha value is -1.26. The number of carbonyl (C=O) groups excluding carboxylic acids is 1. The second-order valence-electron chi connectivity index (χ2n) is 3.64. The zero-order valence-corrected chi connectivity index (χ0v) is 11.2. The Balaban J connectivity index is 2.31.